The molecule has 1 aromatic heterocycles. The summed E-state index contributed by atoms with van der Waals surface area (Å²) in [5.41, 5.74) is 2.54. The van der Waals surface area contributed by atoms with Crippen molar-refractivity contribution in [3.05, 3.63) is 59.9 Å². The van der Waals surface area contributed by atoms with E-state index in [0.29, 0.717) is 24.9 Å². The Kier molecular flexibility index (Phi) is 6.58. The van der Waals surface area contributed by atoms with Gasteiger partial charge in [-0.3, -0.25) is 4.79 Å². The predicted molar refractivity (Wildman–Crippen MR) is 118 cm³/mol. The zero-order valence-corrected chi connectivity index (χ0v) is 18.6. The number of sulfonamides is 1. The summed E-state index contributed by atoms with van der Waals surface area (Å²) in [4.78, 5) is 17.3. The number of nitrogens with zero attached hydrogens (tertiary/aromatic N) is 3. The molecule has 1 unspecified atom stereocenters. The minimum Gasteiger partial charge on any atom is -0.350 e. The molecule has 7 nitrogen and oxygen atoms in total. The van der Waals surface area contributed by atoms with Crippen molar-refractivity contribution in [2.45, 2.75) is 44.2 Å². The highest BCUT2D eigenvalue weighted by Gasteiger charge is 2.20. The van der Waals surface area contributed by atoms with Crippen molar-refractivity contribution in [2.75, 3.05) is 14.1 Å². The van der Waals surface area contributed by atoms with Gasteiger partial charge in [0, 0.05) is 33.5 Å². The maximum absolute atomic E-state index is 12.4. The Morgan fingerprint density at radius 2 is 1.87 bits per heavy atom. The molecule has 0 radical (unpaired) electrons. The molecule has 2 aromatic carbocycles. The van der Waals surface area contributed by atoms with Crippen molar-refractivity contribution in [2.24, 2.45) is 0 Å². The zero-order chi connectivity index (χ0) is 21.9. The molecule has 1 N–H and O–H groups in total. The molecule has 1 heterocycles. The van der Waals surface area contributed by atoms with E-state index in [1.54, 1.807) is 18.2 Å². The Labute approximate surface area is 177 Å². The minimum absolute atomic E-state index is 0.0445. The molecule has 0 aliphatic rings. The highest BCUT2D eigenvalue weighted by Crippen LogP contribution is 2.23. The van der Waals surface area contributed by atoms with E-state index < -0.39 is 10.0 Å². The lowest BCUT2D eigenvalue weighted by Crippen LogP contribution is -2.27. The number of fused-ring (bicyclic) bond motifs is 1. The summed E-state index contributed by atoms with van der Waals surface area (Å²) >= 11 is 0. The number of carbonyl (C=O) groups is 1. The van der Waals surface area contributed by atoms with Gasteiger partial charge < -0.3 is 9.88 Å². The van der Waals surface area contributed by atoms with Crippen molar-refractivity contribution in [1.29, 1.82) is 0 Å². The van der Waals surface area contributed by atoms with Crippen LogP contribution < -0.4 is 5.32 Å². The number of amides is 1. The fourth-order valence-electron chi connectivity index (χ4n) is 3.44. The van der Waals surface area contributed by atoms with Gasteiger partial charge in [-0.1, -0.05) is 30.3 Å². The van der Waals surface area contributed by atoms with E-state index in [4.69, 9.17) is 0 Å². The van der Waals surface area contributed by atoms with Gasteiger partial charge in [0.15, 0.2) is 0 Å². The Hall–Kier alpha value is -2.71. The number of imidazole rings is 1. The van der Waals surface area contributed by atoms with Crippen LogP contribution >= 0.6 is 0 Å². The molecule has 0 aliphatic carbocycles. The first-order chi connectivity index (χ1) is 14.2. The van der Waals surface area contributed by atoms with Crippen LogP contribution in [0.1, 0.15) is 37.7 Å². The van der Waals surface area contributed by atoms with E-state index in [1.165, 1.54) is 18.4 Å². The molecular weight excluding hydrogens is 400 g/mol. The van der Waals surface area contributed by atoms with Gasteiger partial charge in [-0.2, -0.15) is 0 Å². The number of hydrogen-bond acceptors (Lipinski definition) is 4. The summed E-state index contributed by atoms with van der Waals surface area (Å²) in [6, 6.07) is 14.7. The smallest absolute Gasteiger partial charge is 0.242 e. The second kappa shape index (κ2) is 8.97. The number of carbonyl (C=O) groups excluding carboxylic acids is 1. The monoisotopic (exact) mass is 428 g/mol. The average Bonchev–Trinajstić information content (AvgIpc) is 3.09. The van der Waals surface area contributed by atoms with Crippen molar-refractivity contribution in [1.82, 2.24) is 19.2 Å². The Morgan fingerprint density at radius 1 is 1.17 bits per heavy atom. The van der Waals surface area contributed by atoms with Crippen LogP contribution in [0.2, 0.25) is 0 Å². The molecule has 0 spiro atoms. The van der Waals surface area contributed by atoms with Crippen LogP contribution in [0.4, 0.5) is 0 Å². The van der Waals surface area contributed by atoms with E-state index in [0.717, 1.165) is 16.9 Å². The number of aromatic nitrogens is 2. The van der Waals surface area contributed by atoms with Crippen molar-refractivity contribution in [3.63, 3.8) is 0 Å². The van der Waals surface area contributed by atoms with E-state index in [1.807, 2.05) is 48.7 Å². The van der Waals surface area contributed by atoms with Crippen LogP contribution in [0.3, 0.4) is 0 Å². The molecule has 8 heteroatoms. The van der Waals surface area contributed by atoms with Crippen LogP contribution in [0, 0.1) is 0 Å². The first-order valence-electron chi connectivity index (χ1n) is 10.00. The summed E-state index contributed by atoms with van der Waals surface area (Å²) < 4.78 is 28.0. The van der Waals surface area contributed by atoms with Gasteiger partial charge in [-0.25, -0.2) is 17.7 Å². The van der Waals surface area contributed by atoms with Gasteiger partial charge >= 0.3 is 0 Å². The third-order valence-electron chi connectivity index (χ3n) is 5.15. The Bertz CT molecular complexity index is 1140. The number of benzene rings is 2. The van der Waals surface area contributed by atoms with Crippen molar-refractivity contribution >= 4 is 27.0 Å². The molecule has 0 saturated heterocycles. The molecule has 1 amide bonds. The molecule has 0 bridgehead atoms. The Balaban J connectivity index is 1.76. The average molecular weight is 429 g/mol. The third-order valence-corrected chi connectivity index (χ3v) is 6.96. The van der Waals surface area contributed by atoms with Crippen LogP contribution in [-0.2, 0) is 27.8 Å². The second-order valence-corrected chi connectivity index (χ2v) is 9.56. The van der Waals surface area contributed by atoms with Crippen LogP contribution in [0.5, 0.6) is 0 Å². The maximum atomic E-state index is 12.4. The summed E-state index contributed by atoms with van der Waals surface area (Å²) in [7, 11) is -0.515. The fourth-order valence-corrected chi connectivity index (χ4v) is 4.36. The fraction of sp³-hybridized carbons (Fsp3) is 0.364. The number of nitrogens with one attached hydrogen (secondary N) is 1. The van der Waals surface area contributed by atoms with E-state index in [-0.39, 0.29) is 16.8 Å². The lowest BCUT2D eigenvalue weighted by Gasteiger charge is -2.14. The van der Waals surface area contributed by atoms with Gasteiger partial charge in [-0.15, -0.1) is 0 Å². The topological polar surface area (TPSA) is 84.3 Å². The standard InChI is InChI=1S/C22H28N4O3S/c1-5-26-20-12-11-18(30(28,29)25(3)4)15-19(20)24-21(26)13-14-22(27)23-16(2)17-9-7-6-8-10-17/h6-12,15-16H,5,13-14H2,1-4H3,(H,23,27). The normalized spacial score (nSPS) is 13.0. The third kappa shape index (κ3) is 4.55. The minimum atomic E-state index is -3.52. The van der Waals surface area contributed by atoms with Crippen LogP contribution in [-0.4, -0.2) is 42.3 Å². The van der Waals surface area contributed by atoms with Gasteiger partial charge in [0.1, 0.15) is 5.82 Å². The second-order valence-electron chi connectivity index (χ2n) is 7.41. The predicted octanol–water partition coefficient (Wildman–Crippen LogP) is 3.12. The first-order valence-corrected chi connectivity index (χ1v) is 11.4. The zero-order valence-electron chi connectivity index (χ0n) is 17.8. The van der Waals surface area contributed by atoms with E-state index in [2.05, 4.69) is 10.3 Å². The molecular formula is C22H28N4O3S. The SMILES string of the molecule is CCn1c(CCC(=O)NC(C)c2ccccc2)nc2cc(S(=O)(=O)N(C)C)ccc21. The summed E-state index contributed by atoms with van der Waals surface area (Å²) in [6.45, 7) is 4.65. The molecule has 0 aliphatic heterocycles. The lowest BCUT2D eigenvalue weighted by molar-refractivity contribution is -0.121. The largest absolute Gasteiger partial charge is 0.350 e. The molecule has 160 valence electrons. The lowest BCUT2D eigenvalue weighted by atomic mass is 10.1. The quantitative estimate of drug-likeness (QED) is 0.597. The summed E-state index contributed by atoms with van der Waals surface area (Å²) in [5, 5.41) is 3.02. The maximum Gasteiger partial charge on any atom is 0.242 e. The van der Waals surface area contributed by atoms with Crippen molar-refractivity contribution < 1.29 is 13.2 Å². The summed E-state index contributed by atoms with van der Waals surface area (Å²) in [5.74, 6) is 0.728. The molecule has 3 aromatic rings. The van der Waals surface area contributed by atoms with Gasteiger partial charge in [0.05, 0.1) is 22.0 Å². The Morgan fingerprint density at radius 3 is 2.50 bits per heavy atom. The van der Waals surface area contributed by atoms with Gasteiger partial charge in [0.25, 0.3) is 0 Å². The highest BCUT2D eigenvalue weighted by molar-refractivity contribution is 7.89. The number of hydrogen-bond donors (Lipinski definition) is 1. The van der Waals surface area contributed by atoms with Crippen molar-refractivity contribution in [3.8, 4) is 0 Å². The first kappa shape index (κ1) is 22.0. The van der Waals surface area contributed by atoms with Crippen LogP contribution in [0.25, 0.3) is 11.0 Å². The molecule has 0 saturated carbocycles. The van der Waals surface area contributed by atoms with Crippen LogP contribution in [0.15, 0.2) is 53.4 Å². The molecule has 3 rings (SSSR count). The van der Waals surface area contributed by atoms with E-state index >= 15 is 0 Å². The summed E-state index contributed by atoms with van der Waals surface area (Å²) in [6.07, 6.45) is 0.787. The number of aryl methyl sites for hydroxylation is 2. The molecule has 1 atom stereocenters. The van der Waals surface area contributed by atoms with Gasteiger partial charge in [0.2, 0.25) is 15.9 Å². The van der Waals surface area contributed by atoms with E-state index in [9.17, 15) is 13.2 Å². The van der Waals surface area contributed by atoms with Gasteiger partial charge in [-0.05, 0) is 37.6 Å². The highest BCUT2D eigenvalue weighted by atomic mass is 32.2. The molecule has 30 heavy (non-hydrogen) atoms. The molecule has 0 fully saturated rings. The number of rotatable bonds is 8.